The summed E-state index contributed by atoms with van der Waals surface area (Å²) in [6, 6.07) is 8.19. The van der Waals surface area contributed by atoms with Crippen LogP contribution in [0.15, 0.2) is 24.3 Å². The van der Waals surface area contributed by atoms with E-state index < -0.39 is 0 Å². The highest BCUT2D eigenvalue weighted by atomic mass is 16.5. The Labute approximate surface area is 92.6 Å². The molecule has 0 radical (unpaired) electrons. The Balaban J connectivity index is 2.07. The number of hydrogen-bond donors (Lipinski definition) is 1. The van der Waals surface area contributed by atoms with Crippen molar-refractivity contribution in [2.24, 2.45) is 0 Å². The summed E-state index contributed by atoms with van der Waals surface area (Å²) < 4.78 is 5.60. The second-order valence-electron chi connectivity index (χ2n) is 3.77. The van der Waals surface area contributed by atoms with E-state index in [2.05, 4.69) is 31.3 Å². The molecule has 15 heavy (non-hydrogen) atoms. The highest BCUT2D eigenvalue weighted by Crippen LogP contribution is 2.11. The fraction of sp³-hybridized carbons (Fsp3) is 0.538. The van der Waals surface area contributed by atoms with Gasteiger partial charge in [0.05, 0.1) is 6.61 Å². The minimum absolute atomic E-state index is 0.791. The largest absolute Gasteiger partial charge is 0.494 e. The highest BCUT2D eigenvalue weighted by Gasteiger charge is 1.92. The Bertz CT molecular complexity index is 256. The molecule has 1 aromatic rings. The fourth-order valence-electron chi connectivity index (χ4n) is 1.32. The zero-order valence-electron chi connectivity index (χ0n) is 9.75. The third kappa shape index (κ3) is 5.43. The number of nitrogens with one attached hydrogen (secondary N) is 1. The third-order valence-corrected chi connectivity index (χ3v) is 2.21. The lowest BCUT2D eigenvalue weighted by Gasteiger charge is -2.06. The summed E-state index contributed by atoms with van der Waals surface area (Å²) in [5.74, 6) is 0.969. The molecule has 1 aromatic carbocycles. The van der Waals surface area contributed by atoms with Crippen LogP contribution < -0.4 is 10.1 Å². The average Bonchev–Trinajstić information content (AvgIpc) is 2.26. The quantitative estimate of drug-likeness (QED) is 0.694. The minimum atomic E-state index is 0.791. The SMILES string of the molecule is CCCNCCCOc1ccc(C)cc1. The summed E-state index contributed by atoms with van der Waals surface area (Å²) in [7, 11) is 0. The number of rotatable bonds is 7. The van der Waals surface area contributed by atoms with Crippen LogP contribution in [0.5, 0.6) is 5.75 Å². The summed E-state index contributed by atoms with van der Waals surface area (Å²) in [6.45, 7) is 7.19. The smallest absolute Gasteiger partial charge is 0.119 e. The van der Waals surface area contributed by atoms with E-state index in [1.807, 2.05) is 12.1 Å². The van der Waals surface area contributed by atoms with Gasteiger partial charge in [-0.05, 0) is 45.0 Å². The standard InChI is InChI=1S/C13H21NO/c1-3-9-14-10-4-11-15-13-7-5-12(2)6-8-13/h5-8,14H,3-4,9-11H2,1-2H3. The van der Waals surface area contributed by atoms with E-state index in [0.29, 0.717) is 0 Å². The van der Waals surface area contributed by atoms with E-state index in [9.17, 15) is 0 Å². The zero-order chi connectivity index (χ0) is 10.9. The molecule has 1 N–H and O–H groups in total. The molecule has 0 aliphatic rings. The van der Waals surface area contributed by atoms with Crippen LogP contribution in [0.2, 0.25) is 0 Å². The Morgan fingerprint density at radius 3 is 2.53 bits per heavy atom. The molecule has 0 fully saturated rings. The van der Waals surface area contributed by atoms with Crippen LogP contribution in [0.4, 0.5) is 0 Å². The van der Waals surface area contributed by atoms with Crippen LogP contribution in [-0.2, 0) is 0 Å². The molecule has 0 aliphatic heterocycles. The predicted molar refractivity (Wildman–Crippen MR) is 64.5 cm³/mol. The molecule has 0 amide bonds. The average molecular weight is 207 g/mol. The van der Waals surface area contributed by atoms with Crippen molar-refractivity contribution >= 4 is 0 Å². The molecule has 0 atom stereocenters. The zero-order valence-corrected chi connectivity index (χ0v) is 9.75. The lowest BCUT2D eigenvalue weighted by Crippen LogP contribution is -2.17. The van der Waals surface area contributed by atoms with Crippen LogP contribution in [0.25, 0.3) is 0 Å². The summed E-state index contributed by atoms with van der Waals surface area (Å²) in [4.78, 5) is 0. The van der Waals surface area contributed by atoms with E-state index in [0.717, 1.165) is 31.9 Å². The van der Waals surface area contributed by atoms with Crippen molar-refractivity contribution in [2.45, 2.75) is 26.7 Å². The lowest BCUT2D eigenvalue weighted by molar-refractivity contribution is 0.308. The van der Waals surface area contributed by atoms with Crippen molar-refractivity contribution < 1.29 is 4.74 Å². The first kappa shape index (κ1) is 12.1. The van der Waals surface area contributed by atoms with Crippen LogP contribution in [-0.4, -0.2) is 19.7 Å². The molecule has 0 spiro atoms. The maximum absolute atomic E-state index is 5.60. The van der Waals surface area contributed by atoms with Crippen molar-refractivity contribution in [1.82, 2.24) is 5.32 Å². The first-order valence-electron chi connectivity index (χ1n) is 5.73. The first-order valence-corrected chi connectivity index (χ1v) is 5.73. The number of benzene rings is 1. The van der Waals surface area contributed by atoms with Crippen LogP contribution in [0, 0.1) is 6.92 Å². The van der Waals surface area contributed by atoms with Gasteiger partial charge in [-0.25, -0.2) is 0 Å². The maximum atomic E-state index is 5.60. The molecule has 0 unspecified atom stereocenters. The van der Waals surface area contributed by atoms with Gasteiger partial charge >= 0.3 is 0 Å². The first-order chi connectivity index (χ1) is 7.33. The van der Waals surface area contributed by atoms with Crippen LogP contribution in [0.1, 0.15) is 25.3 Å². The number of ether oxygens (including phenoxy) is 1. The van der Waals surface area contributed by atoms with Crippen molar-refractivity contribution in [2.75, 3.05) is 19.7 Å². The molecular formula is C13H21NO. The topological polar surface area (TPSA) is 21.3 Å². The second-order valence-corrected chi connectivity index (χ2v) is 3.77. The molecule has 0 saturated heterocycles. The molecule has 0 aliphatic carbocycles. The van der Waals surface area contributed by atoms with E-state index >= 15 is 0 Å². The fourth-order valence-corrected chi connectivity index (χ4v) is 1.32. The maximum Gasteiger partial charge on any atom is 0.119 e. The molecule has 0 saturated carbocycles. The number of aryl methyl sites for hydroxylation is 1. The summed E-state index contributed by atoms with van der Waals surface area (Å²) >= 11 is 0. The van der Waals surface area contributed by atoms with Crippen molar-refractivity contribution in [3.05, 3.63) is 29.8 Å². The second kappa shape index (κ2) is 7.30. The highest BCUT2D eigenvalue weighted by molar-refractivity contribution is 5.26. The summed E-state index contributed by atoms with van der Waals surface area (Å²) in [5.41, 5.74) is 1.27. The van der Waals surface area contributed by atoms with E-state index in [1.165, 1.54) is 12.0 Å². The van der Waals surface area contributed by atoms with E-state index in [-0.39, 0.29) is 0 Å². The molecular weight excluding hydrogens is 186 g/mol. The van der Waals surface area contributed by atoms with Gasteiger partial charge in [-0.1, -0.05) is 24.6 Å². The molecule has 1 rings (SSSR count). The Morgan fingerprint density at radius 2 is 1.87 bits per heavy atom. The molecule has 2 heteroatoms. The van der Waals surface area contributed by atoms with E-state index in [1.54, 1.807) is 0 Å². The summed E-state index contributed by atoms with van der Waals surface area (Å²) in [6.07, 6.45) is 2.26. The monoisotopic (exact) mass is 207 g/mol. The van der Waals surface area contributed by atoms with Gasteiger partial charge in [0, 0.05) is 0 Å². The van der Waals surface area contributed by atoms with E-state index in [4.69, 9.17) is 4.74 Å². The molecule has 0 aromatic heterocycles. The molecule has 0 bridgehead atoms. The molecule has 84 valence electrons. The van der Waals surface area contributed by atoms with Gasteiger partial charge in [-0.2, -0.15) is 0 Å². The van der Waals surface area contributed by atoms with Crippen molar-refractivity contribution in [3.8, 4) is 5.75 Å². The Hall–Kier alpha value is -1.02. The van der Waals surface area contributed by atoms with Crippen molar-refractivity contribution in [1.29, 1.82) is 0 Å². The van der Waals surface area contributed by atoms with Gasteiger partial charge in [0.25, 0.3) is 0 Å². The predicted octanol–water partition coefficient (Wildman–Crippen LogP) is 2.76. The number of hydrogen-bond acceptors (Lipinski definition) is 2. The minimum Gasteiger partial charge on any atom is -0.494 e. The summed E-state index contributed by atoms with van der Waals surface area (Å²) in [5, 5.41) is 3.35. The lowest BCUT2D eigenvalue weighted by atomic mass is 10.2. The normalized spacial score (nSPS) is 10.3. The van der Waals surface area contributed by atoms with Gasteiger partial charge in [-0.15, -0.1) is 0 Å². The third-order valence-electron chi connectivity index (χ3n) is 2.21. The van der Waals surface area contributed by atoms with Gasteiger partial charge in [0.15, 0.2) is 0 Å². The van der Waals surface area contributed by atoms with Gasteiger partial charge in [0.2, 0.25) is 0 Å². The Morgan fingerprint density at radius 1 is 1.13 bits per heavy atom. The van der Waals surface area contributed by atoms with Crippen molar-refractivity contribution in [3.63, 3.8) is 0 Å². The molecule has 0 heterocycles. The van der Waals surface area contributed by atoms with Gasteiger partial charge < -0.3 is 10.1 Å². The Kier molecular flexibility index (Phi) is 5.86. The van der Waals surface area contributed by atoms with Gasteiger partial charge in [0.1, 0.15) is 5.75 Å². The van der Waals surface area contributed by atoms with Crippen LogP contribution in [0.3, 0.4) is 0 Å². The van der Waals surface area contributed by atoms with Gasteiger partial charge in [-0.3, -0.25) is 0 Å². The van der Waals surface area contributed by atoms with Crippen LogP contribution >= 0.6 is 0 Å². The molecule has 2 nitrogen and oxygen atoms in total.